The molecule has 0 saturated heterocycles. The van der Waals surface area contributed by atoms with Crippen molar-refractivity contribution in [2.45, 2.75) is 18.5 Å². The molecule has 0 aliphatic carbocycles. The number of benzene rings is 2. The van der Waals surface area contributed by atoms with Gasteiger partial charge in [-0.2, -0.15) is 10.1 Å². The zero-order valence-electron chi connectivity index (χ0n) is 13.2. The van der Waals surface area contributed by atoms with E-state index in [9.17, 15) is 0 Å². The summed E-state index contributed by atoms with van der Waals surface area (Å²) in [6.45, 7) is 0.279. The molecule has 0 fully saturated rings. The van der Waals surface area contributed by atoms with Crippen molar-refractivity contribution in [3.8, 4) is 11.5 Å². The summed E-state index contributed by atoms with van der Waals surface area (Å²) in [4.78, 5) is 4.37. The van der Waals surface area contributed by atoms with Crippen molar-refractivity contribution in [1.82, 2.24) is 14.8 Å². The lowest BCUT2D eigenvalue weighted by Gasteiger charge is -2.32. The van der Waals surface area contributed by atoms with Crippen molar-refractivity contribution in [3.05, 3.63) is 64.4 Å². The van der Waals surface area contributed by atoms with Gasteiger partial charge in [0.05, 0.1) is 12.1 Å². The maximum absolute atomic E-state index is 5.54. The summed E-state index contributed by atoms with van der Waals surface area (Å²) in [6, 6.07) is 14.7. The first kappa shape index (κ1) is 14.8. The minimum atomic E-state index is 0.0851. The fraction of sp³-hybridized carbons (Fsp3) is 0.222. The van der Waals surface area contributed by atoms with Gasteiger partial charge in [-0.05, 0) is 41.8 Å². The van der Waals surface area contributed by atoms with Crippen LogP contribution >= 0.6 is 15.9 Å². The van der Waals surface area contributed by atoms with E-state index in [0.717, 1.165) is 33.9 Å². The van der Waals surface area contributed by atoms with Crippen LogP contribution in [-0.2, 0) is 0 Å². The summed E-state index contributed by atoms with van der Waals surface area (Å²) in [5.41, 5.74) is 2.36. The Bertz CT molecular complexity index is 925. The summed E-state index contributed by atoms with van der Waals surface area (Å²) in [5, 5.41) is 7.90. The van der Waals surface area contributed by atoms with E-state index in [2.05, 4.69) is 61.7 Å². The number of rotatable bonds is 2. The molecule has 2 aliphatic heterocycles. The molecule has 0 amide bonds. The van der Waals surface area contributed by atoms with Crippen LogP contribution in [-0.4, -0.2) is 21.6 Å². The lowest BCUT2D eigenvalue weighted by atomic mass is 9.93. The molecule has 7 heteroatoms. The first-order valence-corrected chi connectivity index (χ1v) is 8.88. The zero-order valence-corrected chi connectivity index (χ0v) is 14.8. The first-order chi connectivity index (χ1) is 12.3. The van der Waals surface area contributed by atoms with Crippen LogP contribution in [0.3, 0.4) is 0 Å². The Hall–Kier alpha value is -2.54. The number of ether oxygens (including phenoxy) is 2. The van der Waals surface area contributed by atoms with Crippen LogP contribution < -0.4 is 14.8 Å². The Labute approximate surface area is 152 Å². The standard InChI is InChI=1S/C18H15BrN4O2/c19-13-4-1-11(2-5-13)14-8-15(23-18(22-14)20-9-21-23)12-3-6-16-17(7-12)25-10-24-16/h1-7,9,14-15H,8,10H2,(H,20,21,22)/t14-,15-/m1/s1. The van der Waals surface area contributed by atoms with Gasteiger partial charge in [0.15, 0.2) is 11.5 Å². The normalized spacial score (nSPS) is 20.8. The molecule has 2 atom stereocenters. The Morgan fingerprint density at radius 3 is 2.72 bits per heavy atom. The fourth-order valence-corrected chi connectivity index (χ4v) is 3.70. The van der Waals surface area contributed by atoms with Gasteiger partial charge in [0.2, 0.25) is 12.7 Å². The van der Waals surface area contributed by atoms with Crippen LogP contribution in [0.5, 0.6) is 11.5 Å². The molecule has 5 rings (SSSR count). The van der Waals surface area contributed by atoms with Crippen LogP contribution in [0.1, 0.15) is 29.6 Å². The van der Waals surface area contributed by atoms with E-state index in [4.69, 9.17) is 9.47 Å². The quantitative estimate of drug-likeness (QED) is 0.708. The molecule has 3 aromatic rings. The molecular formula is C18H15BrN4O2. The van der Waals surface area contributed by atoms with Gasteiger partial charge in [-0.3, -0.25) is 0 Å². The minimum absolute atomic E-state index is 0.0851. The maximum atomic E-state index is 5.54. The van der Waals surface area contributed by atoms with E-state index in [-0.39, 0.29) is 18.9 Å². The molecule has 0 bridgehead atoms. The third kappa shape index (κ3) is 2.55. The zero-order chi connectivity index (χ0) is 16.8. The van der Waals surface area contributed by atoms with Crippen LogP contribution in [0.4, 0.5) is 5.95 Å². The predicted octanol–water partition coefficient (Wildman–Crippen LogP) is 3.92. The molecule has 2 aromatic carbocycles. The lowest BCUT2D eigenvalue weighted by molar-refractivity contribution is 0.174. The van der Waals surface area contributed by atoms with Crippen molar-refractivity contribution in [1.29, 1.82) is 0 Å². The SMILES string of the molecule is Brc1ccc([C@H]2C[C@H](c3ccc4c(c3)OCO4)n3ncnc3N2)cc1. The summed E-state index contributed by atoms with van der Waals surface area (Å²) >= 11 is 3.49. The fourth-order valence-electron chi connectivity index (χ4n) is 3.43. The Morgan fingerprint density at radius 2 is 1.84 bits per heavy atom. The summed E-state index contributed by atoms with van der Waals surface area (Å²) in [6.07, 6.45) is 2.46. The third-order valence-electron chi connectivity index (χ3n) is 4.68. The van der Waals surface area contributed by atoms with Gasteiger partial charge in [0.25, 0.3) is 0 Å². The number of hydrogen-bond acceptors (Lipinski definition) is 5. The van der Waals surface area contributed by atoms with Crippen molar-refractivity contribution >= 4 is 21.9 Å². The second-order valence-corrected chi connectivity index (χ2v) is 7.06. The highest BCUT2D eigenvalue weighted by Gasteiger charge is 2.30. The smallest absolute Gasteiger partial charge is 0.231 e. The molecule has 0 radical (unpaired) electrons. The molecule has 0 unspecified atom stereocenters. The Balaban J connectivity index is 1.53. The summed E-state index contributed by atoms with van der Waals surface area (Å²) in [7, 11) is 0. The summed E-state index contributed by atoms with van der Waals surface area (Å²) < 4.78 is 14.0. The number of nitrogens with zero attached hydrogens (tertiary/aromatic N) is 3. The van der Waals surface area contributed by atoms with Gasteiger partial charge in [-0.1, -0.05) is 34.1 Å². The largest absolute Gasteiger partial charge is 0.454 e. The molecule has 126 valence electrons. The van der Waals surface area contributed by atoms with Crippen molar-refractivity contribution in [3.63, 3.8) is 0 Å². The van der Waals surface area contributed by atoms with Crippen LogP contribution in [0.15, 0.2) is 53.3 Å². The first-order valence-electron chi connectivity index (χ1n) is 8.09. The van der Waals surface area contributed by atoms with Crippen molar-refractivity contribution in [2.75, 3.05) is 12.1 Å². The third-order valence-corrected chi connectivity index (χ3v) is 5.21. The average molecular weight is 399 g/mol. The molecule has 0 saturated carbocycles. The highest BCUT2D eigenvalue weighted by atomic mass is 79.9. The monoisotopic (exact) mass is 398 g/mol. The molecule has 2 aliphatic rings. The molecule has 3 heterocycles. The molecular weight excluding hydrogens is 384 g/mol. The van der Waals surface area contributed by atoms with E-state index >= 15 is 0 Å². The molecule has 1 N–H and O–H groups in total. The van der Waals surface area contributed by atoms with Crippen molar-refractivity contribution < 1.29 is 9.47 Å². The maximum Gasteiger partial charge on any atom is 0.231 e. The predicted molar refractivity (Wildman–Crippen MR) is 95.8 cm³/mol. The topological polar surface area (TPSA) is 61.2 Å². The number of fused-ring (bicyclic) bond motifs is 2. The molecule has 25 heavy (non-hydrogen) atoms. The van der Waals surface area contributed by atoms with Gasteiger partial charge in [0, 0.05) is 4.47 Å². The van der Waals surface area contributed by atoms with Gasteiger partial charge < -0.3 is 14.8 Å². The van der Waals surface area contributed by atoms with Gasteiger partial charge >= 0.3 is 0 Å². The molecule has 1 aromatic heterocycles. The minimum Gasteiger partial charge on any atom is -0.454 e. The number of halogens is 1. The number of hydrogen-bond donors (Lipinski definition) is 1. The summed E-state index contributed by atoms with van der Waals surface area (Å²) in [5.74, 6) is 2.36. The molecule has 6 nitrogen and oxygen atoms in total. The Morgan fingerprint density at radius 1 is 1.04 bits per heavy atom. The number of aromatic nitrogens is 3. The second-order valence-electron chi connectivity index (χ2n) is 6.14. The van der Waals surface area contributed by atoms with E-state index in [0.29, 0.717) is 0 Å². The van der Waals surface area contributed by atoms with Crippen LogP contribution in [0, 0.1) is 0 Å². The highest BCUT2D eigenvalue weighted by molar-refractivity contribution is 9.10. The van der Waals surface area contributed by atoms with E-state index in [1.807, 2.05) is 16.8 Å². The van der Waals surface area contributed by atoms with Crippen molar-refractivity contribution in [2.24, 2.45) is 0 Å². The second kappa shape index (κ2) is 5.77. The van der Waals surface area contributed by atoms with E-state index in [1.54, 1.807) is 6.33 Å². The van der Waals surface area contributed by atoms with Gasteiger partial charge in [0.1, 0.15) is 6.33 Å². The van der Waals surface area contributed by atoms with E-state index < -0.39 is 0 Å². The van der Waals surface area contributed by atoms with Crippen LogP contribution in [0.25, 0.3) is 0 Å². The molecule has 0 spiro atoms. The average Bonchev–Trinajstić information content (AvgIpc) is 3.29. The van der Waals surface area contributed by atoms with Gasteiger partial charge in [-0.25, -0.2) is 4.68 Å². The number of anilines is 1. The highest BCUT2D eigenvalue weighted by Crippen LogP contribution is 2.41. The van der Waals surface area contributed by atoms with Gasteiger partial charge in [-0.15, -0.1) is 0 Å². The van der Waals surface area contributed by atoms with Crippen LogP contribution in [0.2, 0.25) is 0 Å². The van der Waals surface area contributed by atoms with E-state index in [1.165, 1.54) is 5.56 Å². The number of nitrogens with one attached hydrogen (secondary N) is 1. The lowest BCUT2D eigenvalue weighted by Crippen LogP contribution is -2.28. The Kier molecular flexibility index (Phi) is 3.41.